The van der Waals surface area contributed by atoms with Gasteiger partial charge in [0.2, 0.25) is 5.91 Å². The SMILES string of the molecule is C.COC(=O)/C=C/c1ccc(NC(=O)C2(NC(=O)c3ccc4c(C5CCCCC5)c5n(c4c3)CCCc3nccnc3-5)CCCC2)cc1.O=C(O)c1ccc2c(C3CCCCC3)c3n(c2c1)CCCc1nccnc1-3. The summed E-state index contributed by atoms with van der Waals surface area (Å²) in [7, 11) is 1.33. The van der Waals surface area contributed by atoms with Gasteiger partial charge in [0.15, 0.2) is 0 Å². The summed E-state index contributed by atoms with van der Waals surface area (Å²) in [5.41, 5.74) is 12.6. The molecule has 3 N–H and O–H groups in total. The number of nitrogens with one attached hydrogen (secondary N) is 2. The second-order valence-electron chi connectivity index (χ2n) is 20.9. The van der Waals surface area contributed by atoms with Gasteiger partial charge in [-0.2, -0.15) is 0 Å². The Balaban J connectivity index is 0.000000194. The number of carboxylic acid groups (broad SMARTS) is 1. The van der Waals surface area contributed by atoms with Crippen LogP contribution in [-0.4, -0.2) is 70.6 Å². The second kappa shape index (κ2) is 22.2. The molecule has 388 valence electrons. The monoisotopic (exact) mass is 1010 g/mol. The summed E-state index contributed by atoms with van der Waals surface area (Å²) >= 11 is 0. The first-order chi connectivity index (χ1) is 36.2. The van der Waals surface area contributed by atoms with Crippen molar-refractivity contribution < 1.29 is 29.0 Å². The van der Waals surface area contributed by atoms with Crippen LogP contribution in [0.15, 0.2) is 91.5 Å². The van der Waals surface area contributed by atoms with Crippen molar-refractivity contribution in [3.05, 3.63) is 131 Å². The fraction of sp³-hybridized carbons (Fsp3) is 0.410. The lowest BCUT2D eigenvalue weighted by atomic mass is 9.82. The number of aromatic carboxylic acids is 1. The van der Waals surface area contributed by atoms with Crippen LogP contribution < -0.4 is 10.6 Å². The highest BCUT2D eigenvalue weighted by atomic mass is 16.5. The van der Waals surface area contributed by atoms with E-state index >= 15 is 0 Å². The Morgan fingerprint density at radius 3 is 1.67 bits per heavy atom. The highest BCUT2D eigenvalue weighted by Crippen LogP contribution is 2.47. The van der Waals surface area contributed by atoms with Gasteiger partial charge < -0.3 is 29.6 Å². The van der Waals surface area contributed by atoms with Crippen molar-refractivity contribution in [2.75, 3.05) is 12.4 Å². The number of benzene rings is 3. The molecule has 7 aromatic rings. The number of hydrogen-bond donors (Lipinski definition) is 3. The Hall–Kier alpha value is -7.48. The number of anilines is 1. The van der Waals surface area contributed by atoms with E-state index in [1.165, 1.54) is 97.8 Å². The zero-order valence-electron chi connectivity index (χ0n) is 42.2. The summed E-state index contributed by atoms with van der Waals surface area (Å²) in [6.45, 7) is 1.71. The molecule has 2 amide bonds. The molecule has 0 atom stereocenters. The first-order valence-electron chi connectivity index (χ1n) is 26.9. The standard InChI is InChI=1S/C38H41N5O4.C22H23N3O2.CH4/c1-47-32(44)18-13-25-11-15-28(16-12-25)41-37(46)38(19-5-6-20-38)42-36(45)27-14-17-29-31(24-27)43-23-7-10-30-34(40-22-21-39-30)35(43)33(29)26-8-3-2-4-9-26;26-22(27)15-8-9-16-18(13-15)25-12-4-7-17-20(24-11-10-23-17)21(25)19(16)14-5-2-1-3-6-14;/h11-18,21-22,24,26H,2-10,19-20,23H2,1H3,(H,41,46)(H,42,45);8-11,13-14H,1-7,12H2,(H,26,27);1H4/b18-13+;;. The number of carboxylic acids is 1. The molecule has 0 spiro atoms. The lowest BCUT2D eigenvalue weighted by Gasteiger charge is -2.29. The van der Waals surface area contributed by atoms with Gasteiger partial charge in [0.25, 0.3) is 5.91 Å². The van der Waals surface area contributed by atoms with Gasteiger partial charge in [0.05, 0.1) is 35.4 Å². The Labute approximate surface area is 438 Å². The molecule has 3 aromatic carbocycles. The number of aryl methyl sites for hydroxylation is 4. The van der Waals surface area contributed by atoms with Gasteiger partial charge in [-0.05, 0) is 135 Å². The maximum atomic E-state index is 14.0. The molecule has 4 aromatic heterocycles. The summed E-state index contributed by atoms with van der Waals surface area (Å²) in [4.78, 5) is 69.6. The van der Waals surface area contributed by atoms with Gasteiger partial charge in [0, 0.05) is 77.0 Å². The van der Waals surface area contributed by atoms with Crippen LogP contribution in [-0.2, 0) is 40.3 Å². The van der Waals surface area contributed by atoms with Crippen LogP contribution >= 0.6 is 0 Å². The molecule has 2 aliphatic heterocycles. The van der Waals surface area contributed by atoms with E-state index in [0.717, 1.165) is 104 Å². The lowest BCUT2D eigenvalue weighted by molar-refractivity contribution is -0.134. The Morgan fingerprint density at radius 2 is 1.15 bits per heavy atom. The van der Waals surface area contributed by atoms with E-state index in [1.807, 2.05) is 36.4 Å². The summed E-state index contributed by atoms with van der Waals surface area (Å²) < 4.78 is 9.33. The highest BCUT2D eigenvalue weighted by molar-refractivity contribution is 6.06. The minimum absolute atomic E-state index is 0. The molecular formula is C61H68N8O6. The number of carbonyl (C=O) groups excluding carboxylic acids is 3. The Morgan fingerprint density at radius 1 is 0.640 bits per heavy atom. The van der Waals surface area contributed by atoms with Crippen LogP contribution in [0.4, 0.5) is 5.69 Å². The van der Waals surface area contributed by atoms with Crippen molar-refractivity contribution >= 4 is 57.3 Å². The van der Waals surface area contributed by atoms with Crippen LogP contribution in [0.2, 0.25) is 0 Å². The first kappa shape index (κ1) is 51.0. The van der Waals surface area contributed by atoms with Gasteiger partial charge in [-0.3, -0.25) is 29.5 Å². The minimum Gasteiger partial charge on any atom is -0.478 e. The number of esters is 1. The van der Waals surface area contributed by atoms with Crippen LogP contribution in [0.1, 0.15) is 171 Å². The van der Waals surface area contributed by atoms with E-state index in [9.17, 15) is 24.3 Å². The molecule has 14 heteroatoms. The van der Waals surface area contributed by atoms with Crippen molar-refractivity contribution in [3.63, 3.8) is 0 Å². The van der Waals surface area contributed by atoms with Gasteiger partial charge in [-0.15, -0.1) is 0 Å². The molecule has 6 heterocycles. The number of ether oxygens (including phenoxy) is 1. The Kier molecular flexibility index (Phi) is 15.1. The Bertz CT molecular complexity index is 3300. The maximum absolute atomic E-state index is 14.0. The van der Waals surface area contributed by atoms with Crippen molar-refractivity contribution in [2.24, 2.45) is 0 Å². The lowest BCUT2D eigenvalue weighted by Crippen LogP contribution is -2.55. The molecule has 0 radical (unpaired) electrons. The fourth-order valence-corrected chi connectivity index (χ4v) is 12.8. The third-order valence-electron chi connectivity index (χ3n) is 16.4. The molecule has 0 saturated heterocycles. The van der Waals surface area contributed by atoms with Crippen molar-refractivity contribution in [2.45, 2.75) is 153 Å². The normalized spacial score (nSPS) is 17.2. The number of aromatic nitrogens is 6. The van der Waals surface area contributed by atoms with Crippen LogP contribution in [0.5, 0.6) is 0 Å². The average Bonchev–Trinajstić information content (AvgIpc) is 4.10. The van der Waals surface area contributed by atoms with Crippen molar-refractivity contribution in [1.29, 1.82) is 0 Å². The molecule has 75 heavy (non-hydrogen) atoms. The van der Waals surface area contributed by atoms with Crippen LogP contribution in [0.25, 0.3) is 50.7 Å². The quantitative estimate of drug-likeness (QED) is 0.0929. The molecule has 12 rings (SSSR count). The van der Waals surface area contributed by atoms with E-state index in [0.29, 0.717) is 41.5 Å². The van der Waals surface area contributed by atoms with Gasteiger partial charge >= 0.3 is 11.9 Å². The van der Waals surface area contributed by atoms with Gasteiger partial charge in [0.1, 0.15) is 16.9 Å². The van der Waals surface area contributed by atoms with Crippen molar-refractivity contribution in [3.8, 4) is 22.8 Å². The van der Waals surface area contributed by atoms with E-state index < -0.39 is 17.5 Å². The van der Waals surface area contributed by atoms with Crippen molar-refractivity contribution in [1.82, 2.24) is 34.4 Å². The second-order valence-corrected chi connectivity index (χ2v) is 20.9. The maximum Gasteiger partial charge on any atom is 0.335 e. The number of nitrogens with zero attached hydrogens (tertiary/aromatic N) is 6. The molecule has 5 aliphatic rings. The third kappa shape index (κ3) is 10.1. The summed E-state index contributed by atoms with van der Waals surface area (Å²) in [5.74, 6) is -0.790. The molecule has 0 unspecified atom stereocenters. The van der Waals surface area contributed by atoms with E-state index in [4.69, 9.17) is 15.0 Å². The topological polar surface area (TPSA) is 183 Å². The molecule has 3 aliphatic carbocycles. The number of methoxy groups -OCH3 is 1. The van der Waals surface area contributed by atoms with E-state index in [1.54, 1.807) is 49.1 Å². The smallest absolute Gasteiger partial charge is 0.335 e. The molecule has 3 fully saturated rings. The first-order valence-corrected chi connectivity index (χ1v) is 26.9. The predicted molar refractivity (Wildman–Crippen MR) is 293 cm³/mol. The number of carbonyl (C=O) groups is 4. The van der Waals surface area contributed by atoms with E-state index in [2.05, 4.69) is 35.6 Å². The number of rotatable bonds is 9. The largest absolute Gasteiger partial charge is 0.478 e. The number of fused-ring (bicyclic) bond motifs is 10. The minimum atomic E-state index is -0.993. The summed E-state index contributed by atoms with van der Waals surface area (Å²) in [6.07, 6.45) is 29.0. The summed E-state index contributed by atoms with van der Waals surface area (Å²) in [6, 6.07) is 18.9. The fourth-order valence-electron chi connectivity index (χ4n) is 12.8. The zero-order chi connectivity index (χ0) is 50.8. The third-order valence-corrected chi connectivity index (χ3v) is 16.4. The average molecular weight is 1010 g/mol. The molecular weight excluding hydrogens is 941 g/mol. The number of hydrogen-bond acceptors (Lipinski definition) is 9. The highest BCUT2D eigenvalue weighted by Gasteiger charge is 2.43. The van der Waals surface area contributed by atoms with Crippen LogP contribution in [0, 0.1) is 0 Å². The van der Waals surface area contributed by atoms with E-state index in [-0.39, 0.29) is 19.2 Å². The molecule has 0 bridgehead atoms. The molecule has 3 saturated carbocycles. The van der Waals surface area contributed by atoms with Crippen LogP contribution in [0.3, 0.4) is 0 Å². The predicted octanol–water partition coefficient (Wildman–Crippen LogP) is 12.4. The number of amides is 2. The van der Waals surface area contributed by atoms with Gasteiger partial charge in [-0.25, -0.2) is 9.59 Å². The zero-order valence-corrected chi connectivity index (χ0v) is 42.2. The summed E-state index contributed by atoms with van der Waals surface area (Å²) in [5, 5.41) is 18.1. The molecule has 14 nitrogen and oxygen atoms in total. The van der Waals surface area contributed by atoms with Gasteiger partial charge in [-0.1, -0.05) is 83.1 Å².